The van der Waals surface area contributed by atoms with Crippen LogP contribution in [-0.4, -0.2) is 22.6 Å². The molecule has 8 atom stereocenters. The van der Waals surface area contributed by atoms with Crippen LogP contribution >= 0.6 is 0 Å². The van der Waals surface area contributed by atoms with Gasteiger partial charge < -0.3 is 5.11 Å². The van der Waals surface area contributed by atoms with E-state index >= 15 is 0 Å². The Kier molecular flexibility index (Phi) is 4.16. The molecule has 1 N–H and O–H groups in total. The lowest BCUT2D eigenvalue weighted by atomic mass is 9.33. The maximum Gasteiger partial charge on any atom is 0.309 e. The van der Waals surface area contributed by atoms with Crippen LogP contribution in [0.4, 0.5) is 0 Å². The molecule has 0 saturated heterocycles. The molecule has 0 aromatic rings. The van der Waals surface area contributed by atoms with Gasteiger partial charge in [0, 0.05) is 17.3 Å². The van der Waals surface area contributed by atoms with E-state index in [0.717, 1.165) is 38.5 Å². The molecule has 0 heterocycles. The maximum atomic E-state index is 13.2. The summed E-state index contributed by atoms with van der Waals surface area (Å²) in [5.41, 5.74) is 0.277. The van der Waals surface area contributed by atoms with Crippen molar-refractivity contribution in [1.82, 2.24) is 0 Å². The highest BCUT2D eigenvalue weighted by Gasteiger charge is 2.70. The van der Waals surface area contributed by atoms with E-state index in [-0.39, 0.29) is 52.0 Å². The fraction of sp³-hybridized carbons (Fsp3) is 0.731. The van der Waals surface area contributed by atoms with Crippen molar-refractivity contribution in [3.8, 4) is 0 Å². The smallest absolute Gasteiger partial charge is 0.309 e. The van der Waals surface area contributed by atoms with Gasteiger partial charge >= 0.3 is 5.97 Å². The zero-order valence-corrected chi connectivity index (χ0v) is 18.6. The van der Waals surface area contributed by atoms with Crippen LogP contribution in [0.5, 0.6) is 0 Å². The zero-order valence-electron chi connectivity index (χ0n) is 18.6. The summed E-state index contributed by atoms with van der Waals surface area (Å²) in [4.78, 5) is 38.6. The van der Waals surface area contributed by atoms with Crippen molar-refractivity contribution in [2.75, 3.05) is 0 Å². The second-order valence-electron chi connectivity index (χ2n) is 11.6. The Bertz CT molecular complexity index is 897. The first-order chi connectivity index (χ1) is 14.1. The first kappa shape index (κ1) is 20.2. The standard InChI is InChI=1S/C26H34O4/c1-14(2)16-13-26-11-8-19-24(3,9-5-10-25(19,4)23(29)30)20(26)12-15(16)21-17(27)6-7-18(28)22(21)26/h6-7,13-15,19-22H,5,8-12H2,1-4H3,(H,29,30)/t15-,19+,20+,21-,22+,24+,25+,26-/m1/s1. The second-order valence-corrected chi connectivity index (χ2v) is 11.6. The Morgan fingerprint density at radius 2 is 1.77 bits per heavy atom. The average molecular weight is 411 g/mol. The van der Waals surface area contributed by atoms with Crippen LogP contribution in [-0.2, 0) is 14.4 Å². The van der Waals surface area contributed by atoms with Crippen LogP contribution in [0.3, 0.4) is 0 Å². The van der Waals surface area contributed by atoms with E-state index in [1.54, 1.807) is 0 Å². The van der Waals surface area contributed by atoms with Crippen LogP contribution in [0.2, 0.25) is 0 Å². The zero-order chi connectivity index (χ0) is 21.6. The molecule has 6 aliphatic rings. The van der Waals surface area contributed by atoms with E-state index in [1.165, 1.54) is 17.7 Å². The van der Waals surface area contributed by atoms with Crippen molar-refractivity contribution in [3.05, 3.63) is 23.8 Å². The van der Waals surface area contributed by atoms with Crippen molar-refractivity contribution in [2.24, 2.45) is 51.8 Å². The second kappa shape index (κ2) is 6.17. The van der Waals surface area contributed by atoms with Crippen molar-refractivity contribution < 1.29 is 19.5 Å². The van der Waals surface area contributed by atoms with E-state index in [0.29, 0.717) is 5.92 Å². The third-order valence-electron chi connectivity index (χ3n) is 10.2. The molecular formula is C26H34O4. The van der Waals surface area contributed by atoms with E-state index < -0.39 is 11.4 Å². The first-order valence-electron chi connectivity index (χ1n) is 11.8. The molecule has 0 aromatic heterocycles. The average Bonchev–Trinajstić information content (AvgIpc) is 2.69. The van der Waals surface area contributed by atoms with Gasteiger partial charge in [0.1, 0.15) is 0 Å². The number of carboxylic acids is 1. The summed E-state index contributed by atoms with van der Waals surface area (Å²) in [5, 5.41) is 10.1. The summed E-state index contributed by atoms with van der Waals surface area (Å²) in [6.07, 6.45) is 10.8. The molecule has 0 aliphatic heterocycles. The Hall–Kier alpha value is -1.71. The molecule has 0 radical (unpaired) electrons. The number of fused-ring (bicyclic) bond motifs is 1. The number of carbonyl (C=O) groups excluding carboxylic acids is 2. The minimum absolute atomic E-state index is 0.101. The van der Waals surface area contributed by atoms with Crippen molar-refractivity contribution >= 4 is 17.5 Å². The summed E-state index contributed by atoms with van der Waals surface area (Å²) >= 11 is 0. The predicted molar refractivity (Wildman–Crippen MR) is 114 cm³/mol. The lowest BCUT2D eigenvalue weighted by Gasteiger charge is -2.69. The highest BCUT2D eigenvalue weighted by atomic mass is 16.4. The lowest BCUT2D eigenvalue weighted by molar-refractivity contribution is -0.197. The Morgan fingerprint density at radius 1 is 1.07 bits per heavy atom. The summed E-state index contributed by atoms with van der Waals surface area (Å²) in [6.45, 7) is 8.67. The molecule has 2 bridgehead atoms. The third-order valence-corrected chi connectivity index (χ3v) is 10.2. The SMILES string of the molecule is CC(C)C1=C[C@]23CC[C@H]4[C@](C)(CCC[C@]4(C)C(=O)O)[C@@H]2C[C@H]1[C@@H]1C(=O)C=CC(=O)[C@@H]13. The maximum absolute atomic E-state index is 13.2. The molecule has 6 aliphatic carbocycles. The van der Waals surface area contributed by atoms with Gasteiger partial charge in [0.25, 0.3) is 0 Å². The number of aliphatic carboxylic acids is 1. The molecular weight excluding hydrogens is 376 g/mol. The number of carboxylic acid groups (broad SMARTS) is 1. The number of hydrogen-bond acceptors (Lipinski definition) is 3. The summed E-state index contributed by atoms with van der Waals surface area (Å²) in [7, 11) is 0. The molecule has 1 spiro atoms. The highest BCUT2D eigenvalue weighted by molar-refractivity contribution is 6.08. The number of carbonyl (C=O) groups is 3. The topological polar surface area (TPSA) is 71.4 Å². The highest BCUT2D eigenvalue weighted by Crippen LogP contribution is 2.73. The summed E-state index contributed by atoms with van der Waals surface area (Å²) < 4.78 is 0. The minimum Gasteiger partial charge on any atom is -0.481 e. The largest absolute Gasteiger partial charge is 0.481 e. The monoisotopic (exact) mass is 410 g/mol. The van der Waals surface area contributed by atoms with Gasteiger partial charge in [-0.15, -0.1) is 0 Å². The van der Waals surface area contributed by atoms with Crippen LogP contribution in [0.25, 0.3) is 0 Å². The van der Waals surface area contributed by atoms with Crippen LogP contribution in [0.15, 0.2) is 23.8 Å². The number of allylic oxidation sites excluding steroid dienone is 4. The van der Waals surface area contributed by atoms with Gasteiger partial charge in [-0.2, -0.15) is 0 Å². The van der Waals surface area contributed by atoms with Gasteiger partial charge in [-0.3, -0.25) is 14.4 Å². The summed E-state index contributed by atoms with van der Waals surface area (Å²) in [6, 6.07) is 0. The number of ketones is 2. The molecule has 4 nitrogen and oxygen atoms in total. The molecule has 162 valence electrons. The fourth-order valence-electron chi connectivity index (χ4n) is 9.05. The van der Waals surface area contributed by atoms with Crippen molar-refractivity contribution in [2.45, 2.75) is 66.2 Å². The molecule has 0 amide bonds. The van der Waals surface area contributed by atoms with Gasteiger partial charge in [-0.1, -0.05) is 38.8 Å². The molecule has 3 saturated carbocycles. The van der Waals surface area contributed by atoms with E-state index in [9.17, 15) is 19.5 Å². The number of hydrogen-bond donors (Lipinski definition) is 1. The minimum atomic E-state index is -0.693. The van der Waals surface area contributed by atoms with Crippen molar-refractivity contribution in [1.29, 1.82) is 0 Å². The molecule has 6 rings (SSSR count). The Labute approximate surface area is 179 Å². The van der Waals surface area contributed by atoms with Crippen LogP contribution < -0.4 is 0 Å². The van der Waals surface area contributed by atoms with Crippen molar-refractivity contribution in [3.63, 3.8) is 0 Å². The first-order valence-corrected chi connectivity index (χ1v) is 11.8. The molecule has 0 unspecified atom stereocenters. The molecule has 4 heteroatoms. The fourth-order valence-corrected chi connectivity index (χ4v) is 9.05. The van der Waals surface area contributed by atoms with E-state index in [1.807, 2.05) is 6.92 Å². The third kappa shape index (κ3) is 2.26. The van der Waals surface area contributed by atoms with Gasteiger partial charge in [-0.25, -0.2) is 0 Å². The van der Waals surface area contributed by atoms with E-state index in [4.69, 9.17) is 0 Å². The predicted octanol–water partition coefficient (Wildman–Crippen LogP) is 4.84. The molecule has 30 heavy (non-hydrogen) atoms. The van der Waals surface area contributed by atoms with Crippen LogP contribution in [0, 0.1) is 51.8 Å². The Morgan fingerprint density at radius 3 is 2.43 bits per heavy atom. The van der Waals surface area contributed by atoms with Gasteiger partial charge in [0.15, 0.2) is 11.6 Å². The lowest BCUT2D eigenvalue weighted by Crippen LogP contribution is -2.66. The molecule has 3 fully saturated rings. The van der Waals surface area contributed by atoms with E-state index in [2.05, 4.69) is 26.8 Å². The Balaban J connectivity index is 1.68. The van der Waals surface area contributed by atoms with Gasteiger partial charge in [0.05, 0.1) is 5.41 Å². The quantitative estimate of drug-likeness (QED) is 0.662. The van der Waals surface area contributed by atoms with Crippen LogP contribution in [0.1, 0.15) is 66.2 Å². The number of rotatable bonds is 2. The van der Waals surface area contributed by atoms with Gasteiger partial charge in [-0.05, 0) is 80.3 Å². The normalized spacial score (nSPS) is 49.4. The molecule has 0 aromatic carbocycles. The summed E-state index contributed by atoms with van der Waals surface area (Å²) in [5.74, 6) is 0.00398. The van der Waals surface area contributed by atoms with Gasteiger partial charge in [0.2, 0.25) is 0 Å².